The highest BCUT2D eigenvalue weighted by atomic mass is 32.2. The van der Waals surface area contributed by atoms with Crippen LogP contribution in [-0.2, 0) is 17.6 Å². The fourth-order valence-electron chi connectivity index (χ4n) is 3.01. The summed E-state index contributed by atoms with van der Waals surface area (Å²) in [5.74, 6) is 0.711. The molecule has 1 atom stereocenters. The number of nitrogens with one attached hydrogen (secondary N) is 1. The van der Waals surface area contributed by atoms with Gasteiger partial charge in [-0.15, -0.1) is 0 Å². The molecule has 5 nitrogen and oxygen atoms in total. The average Bonchev–Trinajstić information content (AvgIpc) is 2.99. The third-order valence-corrected chi connectivity index (χ3v) is 5.35. The summed E-state index contributed by atoms with van der Waals surface area (Å²) in [7, 11) is 0. The Balaban J connectivity index is 1.56. The zero-order valence-electron chi connectivity index (χ0n) is 14.4. The maximum atomic E-state index is 12.4. The van der Waals surface area contributed by atoms with E-state index in [1.165, 1.54) is 5.56 Å². The summed E-state index contributed by atoms with van der Waals surface area (Å²) in [5.41, 5.74) is 2.01. The molecule has 0 aliphatic carbocycles. The monoisotopic (exact) mass is 357 g/mol. The second-order valence-corrected chi connectivity index (χ2v) is 7.23. The van der Waals surface area contributed by atoms with Gasteiger partial charge in [-0.1, -0.05) is 55.4 Å². The highest BCUT2D eigenvalue weighted by Crippen LogP contribution is 2.32. The van der Waals surface area contributed by atoms with Crippen LogP contribution < -0.4 is 10.9 Å². The van der Waals surface area contributed by atoms with Crippen molar-refractivity contribution in [2.75, 3.05) is 12.3 Å². The molecule has 0 spiro atoms. The number of amides is 1. The Labute approximate surface area is 151 Å². The second kappa shape index (κ2) is 8.34. The number of aryl methyl sites for hydroxylation is 1. The molecule has 1 aromatic heterocycles. The molecule has 6 heteroatoms. The summed E-state index contributed by atoms with van der Waals surface area (Å²) in [4.78, 5) is 29.2. The molecule has 2 aromatic rings. The highest BCUT2D eigenvalue weighted by molar-refractivity contribution is 7.99. The van der Waals surface area contributed by atoms with Crippen molar-refractivity contribution in [2.24, 2.45) is 0 Å². The molecule has 1 aromatic carbocycles. The molecule has 25 heavy (non-hydrogen) atoms. The lowest BCUT2D eigenvalue weighted by Crippen LogP contribution is -2.31. The minimum atomic E-state index is -0.104. The van der Waals surface area contributed by atoms with Gasteiger partial charge in [0.1, 0.15) is 0 Å². The first-order valence-corrected chi connectivity index (χ1v) is 9.72. The van der Waals surface area contributed by atoms with Crippen molar-refractivity contribution < 1.29 is 4.79 Å². The minimum Gasteiger partial charge on any atom is -0.356 e. The van der Waals surface area contributed by atoms with Crippen LogP contribution in [0, 0.1) is 0 Å². The van der Waals surface area contributed by atoms with Gasteiger partial charge in [0.2, 0.25) is 5.91 Å². The number of hydrogen-bond donors (Lipinski definition) is 1. The van der Waals surface area contributed by atoms with Crippen molar-refractivity contribution in [1.29, 1.82) is 0 Å². The predicted octanol–water partition coefficient (Wildman–Crippen LogP) is 2.59. The van der Waals surface area contributed by atoms with Crippen LogP contribution in [0.4, 0.5) is 0 Å². The first-order valence-electron chi connectivity index (χ1n) is 8.73. The SMILES string of the molecule is CCCc1cc(=O)n2c(n1)SCC2CC(=O)NCCc1ccccc1. The molecule has 1 unspecified atom stereocenters. The van der Waals surface area contributed by atoms with Crippen molar-refractivity contribution in [3.63, 3.8) is 0 Å². The van der Waals surface area contributed by atoms with E-state index in [9.17, 15) is 9.59 Å². The zero-order chi connectivity index (χ0) is 17.6. The molecule has 0 bridgehead atoms. The molecular formula is C19H23N3O2S. The highest BCUT2D eigenvalue weighted by Gasteiger charge is 2.27. The Morgan fingerprint density at radius 1 is 1.32 bits per heavy atom. The normalized spacial score (nSPS) is 15.8. The zero-order valence-corrected chi connectivity index (χ0v) is 15.2. The van der Waals surface area contributed by atoms with E-state index >= 15 is 0 Å². The largest absolute Gasteiger partial charge is 0.356 e. The van der Waals surface area contributed by atoms with Gasteiger partial charge in [0.05, 0.1) is 6.04 Å². The topological polar surface area (TPSA) is 64.0 Å². The number of carbonyl (C=O) groups is 1. The number of hydrogen-bond acceptors (Lipinski definition) is 4. The van der Waals surface area contributed by atoms with Crippen LogP contribution in [0.25, 0.3) is 0 Å². The van der Waals surface area contributed by atoms with Gasteiger partial charge in [0.15, 0.2) is 5.16 Å². The van der Waals surface area contributed by atoms with E-state index in [0.29, 0.717) is 13.0 Å². The summed E-state index contributed by atoms with van der Waals surface area (Å²) < 4.78 is 1.68. The Morgan fingerprint density at radius 3 is 2.88 bits per heavy atom. The number of nitrogens with zero attached hydrogens (tertiary/aromatic N) is 2. The first kappa shape index (κ1) is 17.7. The van der Waals surface area contributed by atoms with Gasteiger partial charge in [0, 0.05) is 30.5 Å². The summed E-state index contributed by atoms with van der Waals surface area (Å²) in [6.45, 7) is 2.68. The van der Waals surface area contributed by atoms with E-state index in [1.54, 1.807) is 22.4 Å². The van der Waals surface area contributed by atoms with Gasteiger partial charge in [0.25, 0.3) is 5.56 Å². The number of benzene rings is 1. The molecule has 3 rings (SSSR count). The molecule has 132 valence electrons. The van der Waals surface area contributed by atoms with Crippen LogP contribution >= 0.6 is 11.8 Å². The van der Waals surface area contributed by atoms with Crippen molar-refractivity contribution in [2.45, 2.75) is 43.8 Å². The van der Waals surface area contributed by atoms with Gasteiger partial charge < -0.3 is 5.32 Å². The molecule has 0 saturated carbocycles. The van der Waals surface area contributed by atoms with Crippen LogP contribution in [0.2, 0.25) is 0 Å². The Bertz CT molecular complexity index is 789. The lowest BCUT2D eigenvalue weighted by Gasteiger charge is -2.13. The smallest absolute Gasteiger partial charge is 0.254 e. The molecule has 0 fully saturated rings. The van der Waals surface area contributed by atoms with Gasteiger partial charge in [-0.2, -0.15) is 0 Å². The van der Waals surface area contributed by atoms with Gasteiger partial charge in [-0.25, -0.2) is 4.98 Å². The van der Waals surface area contributed by atoms with Crippen molar-refractivity contribution in [3.8, 4) is 0 Å². The average molecular weight is 357 g/mol. The number of fused-ring (bicyclic) bond motifs is 1. The summed E-state index contributed by atoms with van der Waals surface area (Å²) in [6, 6.07) is 11.6. The van der Waals surface area contributed by atoms with E-state index in [2.05, 4.69) is 29.4 Å². The molecule has 1 N–H and O–H groups in total. The lowest BCUT2D eigenvalue weighted by molar-refractivity contribution is -0.121. The van der Waals surface area contributed by atoms with Gasteiger partial charge >= 0.3 is 0 Å². The van der Waals surface area contributed by atoms with E-state index in [0.717, 1.165) is 35.9 Å². The van der Waals surface area contributed by atoms with Crippen LogP contribution in [0.1, 0.15) is 37.1 Å². The molecule has 1 aliphatic rings. The fraction of sp³-hybridized carbons (Fsp3) is 0.421. The molecule has 2 heterocycles. The van der Waals surface area contributed by atoms with Crippen molar-refractivity contribution in [3.05, 3.63) is 58.0 Å². The van der Waals surface area contributed by atoms with Crippen molar-refractivity contribution in [1.82, 2.24) is 14.9 Å². The summed E-state index contributed by atoms with van der Waals surface area (Å²) >= 11 is 1.56. The van der Waals surface area contributed by atoms with Gasteiger partial charge in [-0.05, 0) is 18.4 Å². The fourth-order valence-corrected chi connectivity index (χ4v) is 4.18. The molecular weight excluding hydrogens is 334 g/mol. The third-order valence-electron chi connectivity index (χ3n) is 4.25. The molecule has 0 radical (unpaired) electrons. The Kier molecular flexibility index (Phi) is 5.91. The first-order chi connectivity index (χ1) is 12.2. The Hall–Kier alpha value is -2.08. The summed E-state index contributed by atoms with van der Waals surface area (Å²) in [5, 5.41) is 3.70. The molecule has 0 saturated heterocycles. The van der Waals surface area contributed by atoms with Crippen LogP contribution in [0.5, 0.6) is 0 Å². The van der Waals surface area contributed by atoms with E-state index in [4.69, 9.17) is 0 Å². The summed E-state index contributed by atoms with van der Waals surface area (Å²) in [6.07, 6.45) is 2.91. The van der Waals surface area contributed by atoms with E-state index in [1.807, 2.05) is 18.2 Å². The lowest BCUT2D eigenvalue weighted by atomic mass is 10.1. The number of rotatable bonds is 7. The number of aromatic nitrogens is 2. The van der Waals surface area contributed by atoms with Gasteiger partial charge in [-0.3, -0.25) is 14.2 Å². The van der Waals surface area contributed by atoms with E-state index < -0.39 is 0 Å². The predicted molar refractivity (Wildman–Crippen MR) is 100 cm³/mol. The number of thioether (sulfide) groups is 1. The third kappa shape index (κ3) is 4.51. The quantitative estimate of drug-likeness (QED) is 0.774. The number of carbonyl (C=O) groups excluding carboxylic acids is 1. The maximum Gasteiger partial charge on any atom is 0.254 e. The van der Waals surface area contributed by atoms with Crippen LogP contribution in [0.3, 0.4) is 0 Å². The second-order valence-electron chi connectivity index (χ2n) is 6.24. The van der Waals surface area contributed by atoms with Crippen LogP contribution in [-0.4, -0.2) is 27.8 Å². The standard InChI is InChI=1S/C19H23N3O2S/c1-2-6-15-11-18(24)22-16(13-25-19(22)21-15)12-17(23)20-10-9-14-7-4-3-5-8-14/h3-5,7-8,11,16H,2,6,9-10,12-13H2,1H3,(H,20,23). The minimum absolute atomic E-state index is 0.0149. The van der Waals surface area contributed by atoms with Crippen LogP contribution in [0.15, 0.2) is 46.3 Å². The maximum absolute atomic E-state index is 12.4. The molecule has 1 amide bonds. The van der Waals surface area contributed by atoms with E-state index in [-0.39, 0.29) is 17.5 Å². The van der Waals surface area contributed by atoms with Crippen molar-refractivity contribution >= 4 is 17.7 Å². The Morgan fingerprint density at radius 2 is 2.12 bits per heavy atom. The molecule has 1 aliphatic heterocycles.